The molecule has 0 aliphatic rings. The van der Waals surface area contributed by atoms with Crippen LogP contribution in [-0.2, 0) is 9.59 Å². The second-order valence-corrected chi connectivity index (χ2v) is 4.99. The van der Waals surface area contributed by atoms with Gasteiger partial charge in [-0.3, -0.25) is 14.5 Å². The minimum Gasteiger partial charge on any atom is -0.397 e. The lowest BCUT2D eigenvalue weighted by molar-refractivity contribution is -0.125. The molecule has 0 aliphatic carbocycles. The van der Waals surface area contributed by atoms with E-state index in [1.54, 1.807) is 25.9 Å². The quantitative estimate of drug-likeness (QED) is 0.673. The average Bonchev–Trinajstić information content (AvgIpc) is 2.40. The van der Waals surface area contributed by atoms with Gasteiger partial charge in [0, 0.05) is 19.5 Å². The van der Waals surface area contributed by atoms with E-state index >= 15 is 0 Å². The maximum absolute atomic E-state index is 12.9. The number of rotatable bonds is 6. The van der Waals surface area contributed by atoms with Gasteiger partial charge in [-0.05, 0) is 25.2 Å². The van der Waals surface area contributed by atoms with Gasteiger partial charge in [-0.15, -0.1) is 0 Å². The molecule has 0 heterocycles. The molecule has 1 atom stereocenters. The molecule has 21 heavy (non-hydrogen) atoms. The first kappa shape index (κ1) is 16.9. The van der Waals surface area contributed by atoms with Crippen LogP contribution in [0.4, 0.5) is 15.8 Å². The van der Waals surface area contributed by atoms with Crippen LogP contribution in [0, 0.1) is 11.7 Å². The van der Waals surface area contributed by atoms with Gasteiger partial charge >= 0.3 is 0 Å². The van der Waals surface area contributed by atoms with Crippen molar-refractivity contribution in [1.29, 1.82) is 0 Å². The molecule has 6 nitrogen and oxygen atoms in total. The number of nitrogen functional groups attached to an aromatic ring is 1. The second kappa shape index (κ2) is 7.58. The Labute approximate surface area is 123 Å². The molecule has 1 aromatic carbocycles. The van der Waals surface area contributed by atoms with Gasteiger partial charge in [-0.25, -0.2) is 4.39 Å². The van der Waals surface area contributed by atoms with E-state index in [2.05, 4.69) is 10.6 Å². The Morgan fingerprint density at radius 3 is 2.67 bits per heavy atom. The second-order valence-electron chi connectivity index (χ2n) is 4.99. The highest BCUT2D eigenvalue weighted by Crippen LogP contribution is 2.18. The van der Waals surface area contributed by atoms with Crippen molar-refractivity contribution >= 4 is 23.2 Å². The first-order valence-corrected chi connectivity index (χ1v) is 6.58. The highest BCUT2D eigenvalue weighted by molar-refractivity contribution is 5.95. The minimum absolute atomic E-state index is 0.0787. The first-order chi connectivity index (χ1) is 9.83. The minimum atomic E-state index is -0.456. The zero-order valence-corrected chi connectivity index (χ0v) is 12.4. The Morgan fingerprint density at radius 2 is 2.10 bits per heavy atom. The molecule has 0 aromatic heterocycles. The number of halogens is 1. The third-order valence-corrected chi connectivity index (χ3v) is 2.98. The van der Waals surface area contributed by atoms with Gasteiger partial charge in [0.25, 0.3) is 0 Å². The predicted octanol–water partition coefficient (Wildman–Crippen LogP) is 0.660. The number of nitrogens with two attached hydrogens (primary N) is 1. The number of benzene rings is 1. The Balaban J connectivity index is 2.51. The normalized spacial score (nSPS) is 12.0. The number of hydrogen-bond donors (Lipinski definition) is 3. The van der Waals surface area contributed by atoms with Crippen LogP contribution in [0.25, 0.3) is 0 Å². The van der Waals surface area contributed by atoms with Crippen molar-refractivity contribution in [2.75, 3.05) is 38.2 Å². The predicted molar refractivity (Wildman–Crippen MR) is 80.2 cm³/mol. The molecular formula is C14H21FN4O2. The SMILES string of the molecule is CNC(=O)C(C)CN(C)CC(=O)Nc1ccc(F)cc1N. The summed E-state index contributed by atoms with van der Waals surface area (Å²) in [4.78, 5) is 25.0. The molecular weight excluding hydrogens is 275 g/mol. The van der Waals surface area contributed by atoms with Gasteiger partial charge in [0.05, 0.1) is 17.9 Å². The fourth-order valence-corrected chi connectivity index (χ4v) is 1.94. The van der Waals surface area contributed by atoms with Gasteiger partial charge < -0.3 is 16.4 Å². The number of anilines is 2. The topological polar surface area (TPSA) is 87.5 Å². The average molecular weight is 296 g/mol. The Bertz CT molecular complexity index is 522. The van der Waals surface area contributed by atoms with E-state index in [0.717, 1.165) is 6.07 Å². The number of hydrogen-bond acceptors (Lipinski definition) is 4. The van der Waals surface area contributed by atoms with Gasteiger partial charge in [0.1, 0.15) is 5.82 Å². The number of nitrogens with zero attached hydrogens (tertiary/aromatic N) is 1. The molecule has 2 amide bonds. The summed E-state index contributed by atoms with van der Waals surface area (Å²) >= 11 is 0. The van der Waals surface area contributed by atoms with Gasteiger partial charge in [0.15, 0.2) is 0 Å². The van der Waals surface area contributed by atoms with Crippen molar-refractivity contribution in [3.05, 3.63) is 24.0 Å². The number of carbonyl (C=O) groups excluding carboxylic acids is 2. The molecule has 7 heteroatoms. The van der Waals surface area contributed by atoms with E-state index in [-0.39, 0.29) is 30.0 Å². The first-order valence-electron chi connectivity index (χ1n) is 6.58. The van der Waals surface area contributed by atoms with Crippen LogP contribution in [0.2, 0.25) is 0 Å². The number of nitrogens with one attached hydrogen (secondary N) is 2. The molecule has 4 N–H and O–H groups in total. The van der Waals surface area contributed by atoms with E-state index in [4.69, 9.17) is 5.73 Å². The molecule has 1 rings (SSSR count). The number of likely N-dealkylation sites (N-methyl/N-ethyl adjacent to an activating group) is 1. The van der Waals surface area contributed by atoms with E-state index in [0.29, 0.717) is 12.2 Å². The van der Waals surface area contributed by atoms with E-state index in [9.17, 15) is 14.0 Å². The molecule has 0 saturated heterocycles. The van der Waals surface area contributed by atoms with Gasteiger partial charge in [-0.1, -0.05) is 6.92 Å². The molecule has 0 bridgehead atoms. The summed E-state index contributed by atoms with van der Waals surface area (Å²) in [6, 6.07) is 3.78. The van der Waals surface area contributed by atoms with Crippen molar-refractivity contribution in [2.45, 2.75) is 6.92 Å². The lowest BCUT2D eigenvalue weighted by Gasteiger charge is -2.20. The summed E-state index contributed by atoms with van der Waals surface area (Å²) in [5.41, 5.74) is 6.16. The third kappa shape index (κ3) is 5.39. The van der Waals surface area contributed by atoms with E-state index < -0.39 is 5.82 Å². The monoisotopic (exact) mass is 296 g/mol. The Kier molecular flexibility index (Phi) is 6.10. The molecule has 0 fully saturated rings. The molecule has 0 saturated carbocycles. The van der Waals surface area contributed by atoms with Crippen LogP contribution < -0.4 is 16.4 Å². The van der Waals surface area contributed by atoms with Crippen molar-refractivity contribution in [2.24, 2.45) is 5.92 Å². The van der Waals surface area contributed by atoms with Crippen molar-refractivity contribution in [1.82, 2.24) is 10.2 Å². The van der Waals surface area contributed by atoms with Crippen LogP contribution in [0.3, 0.4) is 0 Å². The molecule has 0 spiro atoms. The molecule has 0 aliphatic heterocycles. The summed E-state index contributed by atoms with van der Waals surface area (Å²) in [5.74, 6) is -1.03. The zero-order chi connectivity index (χ0) is 16.0. The largest absolute Gasteiger partial charge is 0.397 e. The van der Waals surface area contributed by atoms with E-state index in [1.807, 2.05) is 0 Å². The summed E-state index contributed by atoms with van der Waals surface area (Å²) < 4.78 is 12.9. The van der Waals surface area contributed by atoms with Crippen LogP contribution >= 0.6 is 0 Å². The third-order valence-electron chi connectivity index (χ3n) is 2.98. The number of amides is 2. The molecule has 0 radical (unpaired) electrons. The van der Waals surface area contributed by atoms with Crippen LogP contribution in [0.1, 0.15) is 6.92 Å². The summed E-state index contributed by atoms with van der Waals surface area (Å²) in [7, 11) is 3.32. The van der Waals surface area contributed by atoms with E-state index in [1.165, 1.54) is 12.1 Å². The maximum atomic E-state index is 12.9. The summed E-state index contributed by atoms with van der Waals surface area (Å²) in [6.07, 6.45) is 0. The van der Waals surface area contributed by atoms with Crippen molar-refractivity contribution in [3.8, 4) is 0 Å². The molecule has 116 valence electrons. The van der Waals surface area contributed by atoms with Crippen LogP contribution in [0.5, 0.6) is 0 Å². The summed E-state index contributed by atoms with van der Waals surface area (Å²) in [5, 5.41) is 5.17. The lowest BCUT2D eigenvalue weighted by atomic mass is 10.1. The van der Waals surface area contributed by atoms with Gasteiger partial charge in [0.2, 0.25) is 11.8 Å². The van der Waals surface area contributed by atoms with Crippen LogP contribution in [0.15, 0.2) is 18.2 Å². The summed E-state index contributed by atoms with van der Waals surface area (Å²) in [6.45, 7) is 2.34. The zero-order valence-electron chi connectivity index (χ0n) is 12.4. The molecule has 1 aromatic rings. The maximum Gasteiger partial charge on any atom is 0.238 e. The number of carbonyl (C=O) groups is 2. The van der Waals surface area contributed by atoms with Crippen molar-refractivity contribution in [3.63, 3.8) is 0 Å². The standard InChI is InChI=1S/C14H21FN4O2/c1-9(14(21)17-2)7-19(3)8-13(20)18-12-5-4-10(15)6-11(12)16/h4-6,9H,7-8,16H2,1-3H3,(H,17,21)(H,18,20). The van der Waals surface area contributed by atoms with Crippen molar-refractivity contribution < 1.29 is 14.0 Å². The lowest BCUT2D eigenvalue weighted by Crippen LogP contribution is -2.38. The highest BCUT2D eigenvalue weighted by Gasteiger charge is 2.15. The fraction of sp³-hybridized carbons (Fsp3) is 0.429. The smallest absolute Gasteiger partial charge is 0.238 e. The Morgan fingerprint density at radius 1 is 1.43 bits per heavy atom. The van der Waals surface area contributed by atoms with Gasteiger partial charge in [-0.2, -0.15) is 0 Å². The fourth-order valence-electron chi connectivity index (χ4n) is 1.94. The molecule has 1 unspecified atom stereocenters. The van der Waals surface area contributed by atoms with Crippen LogP contribution in [-0.4, -0.2) is 43.9 Å². The highest BCUT2D eigenvalue weighted by atomic mass is 19.1. The Hall–Kier alpha value is -2.15.